The molecule has 0 saturated heterocycles. The summed E-state index contributed by atoms with van der Waals surface area (Å²) in [5, 5.41) is 9.46. The van der Waals surface area contributed by atoms with E-state index in [1.165, 1.54) is 0 Å². The van der Waals surface area contributed by atoms with E-state index in [-0.39, 0.29) is 0 Å². The van der Waals surface area contributed by atoms with Gasteiger partial charge in [0.15, 0.2) is 0 Å². The van der Waals surface area contributed by atoms with Gasteiger partial charge in [0, 0.05) is 12.4 Å². The lowest BCUT2D eigenvalue weighted by Crippen LogP contribution is -2.13. The van der Waals surface area contributed by atoms with Crippen LogP contribution in [0.3, 0.4) is 0 Å². The number of carbonyl (C=O) groups is 1. The van der Waals surface area contributed by atoms with E-state index in [1.807, 2.05) is 12.1 Å². The van der Waals surface area contributed by atoms with E-state index in [1.54, 1.807) is 36.9 Å². The Bertz CT molecular complexity index is 722. The van der Waals surface area contributed by atoms with Gasteiger partial charge in [0.25, 0.3) is 0 Å². The fourth-order valence-electron chi connectivity index (χ4n) is 2.17. The molecule has 1 aromatic carbocycles. The molecule has 0 bridgehead atoms. The van der Waals surface area contributed by atoms with Gasteiger partial charge in [-0.05, 0) is 35.4 Å². The molecule has 3 rings (SSSR count). The highest BCUT2D eigenvalue weighted by atomic mass is 16.4. The first kappa shape index (κ1) is 11.4. The van der Waals surface area contributed by atoms with Gasteiger partial charge in [-0.15, -0.1) is 0 Å². The molecule has 1 unspecified atom stereocenters. The Morgan fingerprint density at radius 2 is 1.95 bits per heavy atom. The highest BCUT2D eigenvalue weighted by Crippen LogP contribution is 2.26. The zero-order chi connectivity index (χ0) is 13.2. The van der Waals surface area contributed by atoms with Crippen molar-refractivity contribution < 1.29 is 9.90 Å². The number of benzene rings is 1. The van der Waals surface area contributed by atoms with E-state index < -0.39 is 11.9 Å². The first-order valence-electron chi connectivity index (χ1n) is 5.81. The van der Waals surface area contributed by atoms with Crippen LogP contribution in [0.1, 0.15) is 17.0 Å². The predicted octanol–water partition coefficient (Wildman–Crippen LogP) is 2.17. The smallest absolute Gasteiger partial charge is 0.315 e. The molecule has 2 N–H and O–H groups in total. The lowest BCUT2D eigenvalue weighted by molar-refractivity contribution is -0.137. The summed E-state index contributed by atoms with van der Waals surface area (Å²) in [4.78, 5) is 22.6. The molecule has 0 aliphatic rings. The van der Waals surface area contributed by atoms with E-state index >= 15 is 0 Å². The number of H-pyrrole nitrogens is 1. The molecule has 2 aromatic heterocycles. The van der Waals surface area contributed by atoms with Crippen molar-refractivity contribution in [1.29, 1.82) is 0 Å². The number of carboxylic acids is 1. The number of imidazole rings is 1. The fraction of sp³-hybridized carbons (Fsp3) is 0.0714. The van der Waals surface area contributed by atoms with Crippen LogP contribution in [-0.2, 0) is 4.79 Å². The topological polar surface area (TPSA) is 78.9 Å². The molecule has 0 radical (unpaired) electrons. The third kappa shape index (κ3) is 2.06. The Morgan fingerprint density at radius 1 is 1.16 bits per heavy atom. The van der Waals surface area contributed by atoms with Gasteiger partial charge >= 0.3 is 5.97 Å². The summed E-state index contributed by atoms with van der Waals surface area (Å²) >= 11 is 0. The maximum absolute atomic E-state index is 11.5. The molecule has 5 nitrogen and oxygen atoms in total. The second-order valence-electron chi connectivity index (χ2n) is 4.23. The molecule has 2 heterocycles. The highest BCUT2D eigenvalue weighted by molar-refractivity contribution is 5.83. The zero-order valence-electron chi connectivity index (χ0n) is 9.95. The summed E-state index contributed by atoms with van der Waals surface area (Å²) in [6.07, 6.45) is 4.79. The maximum atomic E-state index is 11.5. The molecule has 5 heteroatoms. The minimum Gasteiger partial charge on any atom is -0.481 e. The van der Waals surface area contributed by atoms with Crippen LogP contribution in [0.25, 0.3) is 11.0 Å². The number of hydrogen-bond donors (Lipinski definition) is 2. The van der Waals surface area contributed by atoms with E-state index in [0.717, 1.165) is 16.6 Å². The van der Waals surface area contributed by atoms with E-state index in [2.05, 4.69) is 15.0 Å². The van der Waals surface area contributed by atoms with Gasteiger partial charge in [0.05, 0.1) is 17.4 Å². The molecule has 0 spiro atoms. The molecule has 0 amide bonds. The lowest BCUT2D eigenvalue weighted by atomic mass is 9.92. The van der Waals surface area contributed by atoms with Gasteiger partial charge in [0.1, 0.15) is 5.92 Å². The molecule has 0 aliphatic carbocycles. The van der Waals surface area contributed by atoms with Crippen LogP contribution in [0.15, 0.2) is 49.1 Å². The SMILES string of the molecule is O=C(O)C(c1ccncc1)c1ccc2nc[nH]c2c1. The van der Waals surface area contributed by atoms with Crippen LogP contribution in [0.2, 0.25) is 0 Å². The largest absolute Gasteiger partial charge is 0.481 e. The minimum absolute atomic E-state index is 0.698. The normalized spacial score (nSPS) is 12.4. The second kappa shape index (κ2) is 4.53. The highest BCUT2D eigenvalue weighted by Gasteiger charge is 2.22. The van der Waals surface area contributed by atoms with Gasteiger partial charge in [-0.1, -0.05) is 6.07 Å². The Balaban J connectivity index is 2.12. The summed E-state index contributed by atoms with van der Waals surface area (Å²) in [5.41, 5.74) is 3.08. The van der Waals surface area contributed by atoms with Crippen LogP contribution in [0.5, 0.6) is 0 Å². The maximum Gasteiger partial charge on any atom is 0.315 e. The van der Waals surface area contributed by atoms with Gasteiger partial charge in [0.2, 0.25) is 0 Å². The third-order valence-electron chi connectivity index (χ3n) is 3.06. The quantitative estimate of drug-likeness (QED) is 0.749. The average Bonchev–Trinajstić information content (AvgIpc) is 2.87. The van der Waals surface area contributed by atoms with Gasteiger partial charge in [-0.2, -0.15) is 0 Å². The Hall–Kier alpha value is -2.69. The monoisotopic (exact) mass is 253 g/mol. The first-order chi connectivity index (χ1) is 9.25. The summed E-state index contributed by atoms with van der Waals surface area (Å²) in [6.45, 7) is 0. The number of aliphatic carboxylic acids is 1. The minimum atomic E-state index is -0.884. The van der Waals surface area contributed by atoms with Crippen molar-refractivity contribution in [3.05, 3.63) is 60.2 Å². The van der Waals surface area contributed by atoms with Gasteiger partial charge < -0.3 is 10.1 Å². The van der Waals surface area contributed by atoms with Crippen LogP contribution in [0.4, 0.5) is 0 Å². The molecule has 3 aromatic rings. The molecule has 0 aliphatic heterocycles. The van der Waals surface area contributed by atoms with Gasteiger partial charge in [-0.25, -0.2) is 4.98 Å². The molecule has 0 fully saturated rings. The second-order valence-corrected chi connectivity index (χ2v) is 4.23. The van der Waals surface area contributed by atoms with Crippen LogP contribution < -0.4 is 0 Å². The summed E-state index contributed by atoms with van der Waals surface area (Å²) in [5.74, 6) is -1.58. The van der Waals surface area contributed by atoms with E-state index in [9.17, 15) is 9.90 Å². The van der Waals surface area contributed by atoms with Gasteiger partial charge in [-0.3, -0.25) is 9.78 Å². The number of aromatic nitrogens is 3. The number of carboxylic acid groups (broad SMARTS) is 1. The summed E-state index contributed by atoms with van der Waals surface area (Å²) < 4.78 is 0. The van der Waals surface area contributed by atoms with Crippen LogP contribution in [-0.4, -0.2) is 26.0 Å². The summed E-state index contributed by atoms with van der Waals surface area (Å²) in [6, 6.07) is 8.87. The number of nitrogens with zero attached hydrogens (tertiary/aromatic N) is 2. The number of hydrogen-bond acceptors (Lipinski definition) is 3. The Kier molecular flexibility index (Phi) is 2.72. The molecule has 19 heavy (non-hydrogen) atoms. The number of fused-ring (bicyclic) bond motifs is 1. The van der Waals surface area contributed by atoms with Crippen molar-refractivity contribution in [2.45, 2.75) is 5.92 Å². The Labute approximate surface area is 109 Å². The number of rotatable bonds is 3. The average molecular weight is 253 g/mol. The Morgan fingerprint density at radius 3 is 2.68 bits per heavy atom. The zero-order valence-corrected chi connectivity index (χ0v) is 9.95. The number of pyridine rings is 1. The van der Waals surface area contributed by atoms with Crippen molar-refractivity contribution in [3.8, 4) is 0 Å². The van der Waals surface area contributed by atoms with Crippen molar-refractivity contribution in [3.63, 3.8) is 0 Å². The molecular weight excluding hydrogens is 242 g/mol. The predicted molar refractivity (Wildman–Crippen MR) is 69.8 cm³/mol. The molecule has 0 saturated carbocycles. The lowest BCUT2D eigenvalue weighted by Gasteiger charge is -2.12. The molecular formula is C14H11N3O2. The summed E-state index contributed by atoms with van der Waals surface area (Å²) in [7, 11) is 0. The first-order valence-corrected chi connectivity index (χ1v) is 5.81. The number of aromatic amines is 1. The van der Waals surface area contributed by atoms with E-state index in [4.69, 9.17) is 0 Å². The number of nitrogens with one attached hydrogen (secondary N) is 1. The molecule has 94 valence electrons. The fourth-order valence-corrected chi connectivity index (χ4v) is 2.17. The van der Waals surface area contributed by atoms with Crippen molar-refractivity contribution >= 4 is 17.0 Å². The van der Waals surface area contributed by atoms with E-state index in [0.29, 0.717) is 5.56 Å². The van der Waals surface area contributed by atoms with Crippen molar-refractivity contribution in [2.24, 2.45) is 0 Å². The molecule has 1 atom stereocenters. The standard InChI is InChI=1S/C14H11N3O2/c18-14(19)13(9-3-5-15-6-4-9)10-1-2-11-12(7-10)17-8-16-11/h1-8,13H,(H,16,17)(H,18,19). The van der Waals surface area contributed by atoms with Crippen molar-refractivity contribution in [2.75, 3.05) is 0 Å². The third-order valence-corrected chi connectivity index (χ3v) is 3.06. The van der Waals surface area contributed by atoms with Crippen molar-refractivity contribution in [1.82, 2.24) is 15.0 Å². The van der Waals surface area contributed by atoms with Crippen LogP contribution in [0, 0.1) is 0 Å². The van der Waals surface area contributed by atoms with Crippen LogP contribution >= 0.6 is 0 Å².